The Balaban J connectivity index is 1.50. The van der Waals surface area contributed by atoms with E-state index in [0.29, 0.717) is 25.4 Å². The molecule has 31 heavy (non-hydrogen) atoms. The number of aliphatic hydroxyl groups excluding tert-OH is 2. The van der Waals surface area contributed by atoms with Crippen molar-refractivity contribution in [2.45, 2.75) is 56.8 Å². The van der Waals surface area contributed by atoms with E-state index in [4.69, 9.17) is 14.6 Å². The second kappa shape index (κ2) is 11.0. The summed E-state index contributed by atoms with van der Waals surface area (Å²) in [6.45, 7) is 0.454. The van der Waals surface area contributed by atoms with Crippen molar-refractivity contribution >= 4 is 5.97 Å². The maximum absolute atomic E-state index is 13.2. The van der Waals surface area contributed by atoms with E-state index in [2.05, 4.69) is 0 Å². The van der Waals surface area contributed by atoms with Crippen molar-refractivity contribution in [2.24, 2.45) is 17.8 Å². The van der Waals surface area contributed by atoms with Crippen LogP contribution in [0.5, 0.6) is 5.75 Å². The highest BCUT2D eigenvalue weighted by atomic mass is 19.2. The van der Waals surface area contributed by atoms with Crippen molar-refractivity contribution in [3.05, 3.63) is 42.0 Å². The highest BCUT2D eigenvalue weighted by Crippen LogP contribution is 2.42. The minimum atomic E-state index is -1.02. The molecule has 1 aliphatic carbocycles. The Morgan fingerprint density at radius 2 is 2.10 bits per heavy atom. The molecule has 3 rings (SSSR count). The van der Waals surface area contributed by atoms with Gasteiger partial charge in [0.1, 0.15) is 18.5 Å². The standard InChI is InChI=1S/C23H30F2O6/c24-19-9-6-16(10-20(19)25)30-13-15(26)5-8-17-18-7-4-14(2-1-3-23(28)29)12-31-22(18)11-21(17)27/h5-6,8-10,14-15,17-18,21-22,26-27H,1-4,7,11-13H2,(H,28,29)/b8-5+/t14-,15?,17+,18+,21+,22-/m0/s1. The average molecular weight is 440 g/mol. The maximum atomic E-state index is 13.2. The normalized spacial score (nSPS) is 29.5. The largest absolute Gasteiger partial charge is 0.490 e. The lowest BCUT2D eigenvalue weighted by Gasteiger charge is -2.21. The summed E-state index contributed by atoms with van der Waals surface area (Å²) in [5.74, 6) is -2.34. The third kappa shape index (κ3) is 6.72. The molecule has 2 aliphatic rings. The van der Waals surface area contributed by atoms with Crippen LogP contribution in [0.1, 0.15) is 38.5 Å². The van der Waals surface area contributed by atoms with Gasteiger partial charge in [0, 0.05) is 31.4 Å². The van der Waals surface area contributed by atoms with Gasteiger partial charge in [0.15, 0.2) is 11.6 Å². The number of fused-ring (bicyclic) bond motifs is 1. The first-order valence-electron chi connectivity index (χ1n) is 10.8. The molecule has 6 atom stereocenters. The Hall–Kier alpha value is -2.03. The van der Waals surface area contributed by atoms with Gasteiger partial charge in [-0.15, -0.1) is 0 Å². The lowest BCUT2D eigenvalue weighted by atomic mass is 9.86. The van der Waals surface area contributed by atoms with Gasteiger partial charge in [-0.05, 0) is 49.7 Å². The minimum absolute atomic E-state index is 0.0512. The van der Waals surface area contributed by atoms with Crippen LogP contribution in [-0.4, -0.2) is 52.8 Å². The van der Waals surface area contributed by atoms with Crippen LogP contribution in [0.3, 0.4) is 0 Å². The van der Waals surface area contributed by atoms with Crippen LogP contribution in [0.15, 0.2) is 30.4 Å². The third-order valence-electron chi connectivity index (χ3n) is 6.21. The summed E-state index contributed by atoms with van der Waals surface area (Å²) in [5, 5.41) is 29.4. The molecule has 3 N–H and O–H groups in total. The van der Waals surface area contributed by atoms with Crippen LogP contribution in [0.25, 0.3) is 0 Å². The smallest absolute Gasteiger partial charge is 0.303 e. The van der Waals surface area contributed by atoms with E-state index in [-0.39, 0.29) is 36.7 Å². The Morgan fingerprint density at radius 1 is 1.29 bits per heavy atom. The monoisotopic (exact) mass is 440 g/mol. The second-order valence-corrected chi connectivity index (χ2v) is 8.48. The first kappa shape index (κ1) is 23.6. The topological polar surface area (TPSA) is 96.2 Å². The predicted molar refractivity (Wildman–Crippen MR) is 109 cm³/mol. The first-order valence-corrected chi connectivity index (χ1v) is 10.8. The van der Waals surface area contributed by atoms with Gasteiger partial charge < -0.3 is 24.8 Å². The van der Waals surface area contributed by atoms with Gasteiger partial charge in [-0.25, -0.2) is 8.78 Å². The van der Waals surface area contributed by atoms with E-state index in [1.54, 1.807) is 12.2 Å². The molecule has 0 radical (unpaired) electrons. The first-order chi connectivity index (χ1) is 14.8. The maximum Gasteiger partial charge on any atom is 0.303 e. The van der Waals surface area contributed by atoms with Gasteiger partial charge in [-0.3, -0.25) is 4.79 Å². The lowest BCUT2D eigenvalue weighted by molar-refractivity contribution is -0.137. The van der Waals surface area contributed by atoms with Crippen molar-refractivity contribution in [2.75, 3.05) is 13.2 Å². The molecule has 1 saturated heterocycles. The van der Waals surface area contributed by atoms with Crippen molar-refractivity contribution in [3.8, 4) is 5.75 Å². The molecule has 0 amide bonds. The fourth-order valence-corrected chi connectivity index (χ4v) is 4.55. The molecule has 172 valence electrons. The van der Waals surface area contributed by atoms with Gasteiger partial charge in [0.05, 0.1) is 12.2 Å². The highest BCUT2D eigenvalue weighted by Gasteiger charge is 2.43. The summed E-state index contributed by atoms with van der Waals surface area (Å²) in [6.07, 6.45) is 5.71. The van der Waals surface area contributed by atoms with Crippen LogP contribution in [0, 0.1) is 29.4 Å². The van der Waals surface area contributed by atoms with Crippen LogP contribution < -0.4 is 4.74 Å². The summed E-state index contributed by atoms with van der Waals surface area (Å²) in [4.78, 5) is 10.7. The second-order valence-electron chi connectivity index (χ2n) is 8.48. The molecule has 0 bridgehead atoms. The molecule has 1 aromatic carbocycles. The molecule has 1 aliphatic heterocycles. The minimum Gasteiger partial charge on any atom is -0.490 e. The number of hydrogen-bond acceptors (Lipinski definition) is 5. The number of halogens is 2. The van der Waals surface area contributed by atoms with E-state index in [1.807, 2.05) is 0 Å². The zero-order valence-electron chi connectivity index (χ0n) is 17.3. The van der Waals surface area contributed by atoms with Gasteiger partial charge >= 0.3 is 5.97 Å². The van der Waals surface area contributed by atoms with Crippen molar-refractivity contribution in [1.82, 2.24) is 0 Å². The number of hydrogen-bond donors (Lipinski definition) is 3. The molecule has 6 nitrogen and oxygen atoms in total. The van der Waals surface area contributed by atoms with Gasteiger partial charge in [0.25, 0.3) is 0 Å². The van der Waals surface area contributed by atoms with Crippen LogP contribution in [0.2, 0.25) is 0 Å². The zero-order valence-corrected chi connectivity index (χ0v) is 17.3. The van der Waals surface area contributed by atoms with Gasteiger partial charge in [-0.1, -0.05) is 12.2 Å². The Morgan fingerprint density at radius 3 is 2.84 bits per heavy atom. The van der Waals surface area contributed by atoms with Crippen molar-refractivity contribution < 1.29 is 38.4 Å². The van der Waals surface area contributed by atoms with E-state index in [1.165, 1.54) is 6.07 Å². The van der Waals surface area contributed by atoms with Gasteiger partial charge in [-0.2, -0.15) is 0 Å². The Bertz CT molecular complexity index is 770. The number of aliphatic carboxylic acids is 1. The summed E-state index contributed by atoms with van der Waals surface area (Å²) in [5.41, 5.74) is 0. The number of aliphatic hydroxyl groups is 2. The van der Waals surface area contributed by atoms with Crippen molar-refractivity contribution in [3.63, 3.8) is 0 Å². The molecule has 0 spiro atoms. The average Bonchev–Trinajstić information content (AvgIpc) is 2.89. The zero-order chi connectivity index (χ0) is 22.4. The molecule has 1 aromatic rings. The van der Waals surface area contributed by atoms with Crippen LogP contribution in [0.4, 0.5) is 8.78 Å². The summed E-state index contributed by atoms with van der Waals surface area (Å²) >= 11 is 0. The number of carboxylic acids is 1. The van der Waals surface area contributed by atoms with E-state index >= 15 is 0 Å². The van der Waals surface area contributed by atoms with Crippen LogP contribution in [-0.2, 0) is 9.53 Å². The third-order valence-corrected chi connectivity index (χ3v) is 6.21. The number of benzene rings is 1. The number of ether oxygens (including phenoxy) is 2. The Kier molecular flexibility index (Phi) is 8.40. The summed E-state index contributed by atoms with van der Waals surface area (Å²) in [7, 11) is 0. The molecule has 1 unspecified atom stereocenters. The Labute approximate surface area is 180 Å². The highest BCUT2D eigenvalue weighted by molar-refractivity contribution is 5.66. The van der Waals surface area contributed by atoms with Gasteiger partial charge in [0.2, 0.25) is 0 Å². The predicted octanol–water partition coefficient (Wildman–Crippen LogP) is 3.31. The molecular formula is C23H30F2O6. The van der Waals surface area contributed by atoms with E-state index in [9.17, 15) is 23.8 Å². The molecule has 1 heterocycles. The van der Waals surface area contributed by atoms with Crippen LogP contribution >= 0.6 is 0 Å². The molecule has 0 aromatic heterocycles. The van der Waals surface area contributed by atoms with E-state index < -0.39 is 29.8 Å². The fourth-order valence-electron chi connectivity index (χ4n) is 4.55. The summed E-state index contributed by atoms with van der Waals surface area (Å²) in [6, 6.07) is 3.17. The SMILES string of the molecule is O=C(O)CCC[C@H]1CC[C@@H]2[C@@H](/C=C/C(O)COc3ccc(F)c(F)c3)[C@H](O)C[C@@H]2OC1. The summed E-state index contributed by atoms with van der Waals surface area (Å²) < 4.78 is 37.5. The molecule has 2 fully saturated rings. The lowest BCUT2D eigenvalue weighted by Crippen LogP contribution is -2.22. The molecule has 8 heteroatoms. The molecule has 1 saturated carbocycles. The number of carboxylic acid groups (broad SMARTS) is 1. The quantitative estimate of drug-likeness (QED) is 0.510. The van der Waals surface area contributed by atoms with E-state index in [0.717, 1.165) is 31.4 Å². The number of carbonyl (C=O) groups is 1. The number of rotatable bonds is 9. The fraction of sp³-hybridized carbons (Fsp3) is 0.609. The van der Waals surface area contributed by atoms with Crippen molar-refractivity contribution in [1.29, 1.82) is 0 Å². The molecular weight excluding hydrogens is 410 g/mol.